The molecule has 3 heterocycles. The van der Waals surface area contributed by atoms with E-state index in [1.165, 1.54) is 5.56 Å². The van der Waals surface area contributed by atoms with E-state index in [0.717, 1.165) is 38.9 Å². The number of hydrogen-bond acceptors (Lipinski definition) is 6. The lowest BCUT2D eigenvalue weighted by Crippen LogP contribution is -2.47. The van der Waals surface area contributed by atoms with Crippen molar-refractivity contribution in [2.75, 3.05) is 25.0 Å². The Bertz CT molecular complexity index is 687. The van der Waals surface area contributed by atoms with Crippen molar-refractivity contribution in [1.29, 1.82) is 0 Å². The van der Waals surface area contributed by atoms with Crippen LogP contribution < -0.4 is 10.6 Å². The second-order valence-corrected chi connectivity index (χ2v) is 8.40. The molecule has 2 saturated heterocycles. The van der Waals surface area contributed by atoms with Gasteiger partial charge in [-0.3, -0.25) is 19.7 Å². The Morgan fingerprint density at radius 1 is 1.26 bits per heavy atom. The molecule has 0 bridgehead atoms. The van der Waals surface area contributed by atoms with E-state index in [4.69, 9.17) is 0 Å². The number of likely N-dealkylation sites (tertiary alicyclic amines) is 1. The Kier molecular flexibility index (Phi) is 7.17. The summed E-state index contributed by atoms with van der Waals surface area (Å²) in [6.45, 7) is 3.10. The number of hydrogen-bond donors (Lipinski definition) is 2. The topological polar surface area (TPSA) is 91.4 Å². The summed E-state index contributed by atoms with van der Waals surface area (Å²) in [5, 5.41) is 5.45. The molecule has 1 unspecified atom stereocenters. The van der Waals surface area contributed by atoms with E-state index in [1.54, 1.807) is 0 Å². The van der Waals surface area contributed by atoms with Gasteiger partial charge in [-0.2, -0.15) is 0 Å². The number of anilines is 1. The first-order chi connectivity index (χ1) is 13.0. The Balaban J connectivity index is 1.46. The number of nitrogens with one attached hydrogen (secondary N) is 2. The van der Waals surface area contributed by atoms with E-state index in [0.29, 0.717) is 31.0 Å². The predicted molar refractivity (Wildman–Crippen MR) is 111 cm³/mol. The molecule has 8 heteroatoms. The maximum absolute atomic E-state index is 11.8. The molecule has 146 valence electrons. The molecule has 2 fully saturated rings. The quantitative estimate of drug-likeness (QED) is 0.351. The zero-order chi connectivity index (χ0) is 19.2. The minimum atomic E-state index is -0.404. The second-order valence-electron chi connectivity index (χ2n) is 7.20. The summed E-state index contributed by atoms with van der Waals surface area (Å²) in [6.07, 6.45) is 6.53. The Hall–Kier alpha value is -1.55. The van der Waals surface area contributed by atoms with Crippen LogP contribution in [-0.2, 0) is 14.4 Å². The molecule has 0 saturated carbocycles. The molecule has 27 heavy (non-hydrogen) atoms. The number of aromatic nitrogens is 1. The fraction of sp³-hybridized carbons (Fsp3) is 0.579. The molecule has 1 atom stereocenters. The lowest BCUT2D eigenvalue weighted by atomic mass is 9.90. The van der Waals surface area contributed by atoms with Gasteiger partial charge in [0.1, 0.15) is 11.9 Å². The molecule has 2 aliphatic rings. The molecule has 2 N–H and O–H groups in total. The van der Waals surface area contributed by atoms with Crippen molar-refractivity contribution in [3.05, 3.63) is 23.9 Å². The van der Waals surface area contributed by atoms with E-state index < -0.39 is 6.04 Å². The highest BCUT2D eigenvalue weighted by atomic mass is 127. The highest BCUT2D eigenvalue weighted by Gasteiger charge is 2.26. The van der Waals surface area contributed by atoms with Crippen LogP contribution in [0.4, 0.5) is 5.82 Å². The molecule has 2 amide bonds. The van der Waals surface area contributed by atoms with Crippen molar-refractivity contribution in [2.24, 2.45) is 0 Å². The zero-order valence-electron chi connectivity index (χ0n) is 15.2. The molecule has 0 aromatic carbocycles. The van der Waals surface area contributed by atoms with Crippen LogP contribution in [0.1, 0.15) is 50.0 Å². The van der Waals surface area contributed by atoms with Gasteiger partial charge in [-0.25, -0.2) is 4.98 Å². The minimum absolute atomic E-state index is 0.214. The summed E-state index contributed by atoms with van der Waals surface area (Å²) >= 11 is 1.86. The van der Waals surface area contributed by atoms with E-state index >= 15 is 0 Å². The Morgan fingerprint density at radius 2 is 2.04 bits per heavy atom. The van der Waals surface area contributed by atoms with Gasteiger partial charge in [0.15, 0.2) is 3.79 Å². The molecular weight excluding hydrogens is 459 g/mol. The number of imide groups is 1. The van der Waals surface area contributed by atoms with Crippen LogP contribution >= 0.6 is 22.6 Å². The fourth-order valence-electron chi connectivity index (χ4n) is 3.67. The largest absolute Gasteiger partial charge is 0.358 e. The third kappa shape index (κ3) is 5.97. The summed E-state index contributed by atoms with van der Waals surface area (Å²) in [4.78, 5) is 41.0. The summed E-state index contributed by atoms with van der Waals surface area (Å²) in [5.74, 6) is 0.668. The number of nitrogens with zero attached hydrogens (tertiary/aromatic N) is 2. The summed E-state index contributed by atoms with van der Waals surface area (Å²) in [7, 11) is 0. The summed E-state index contributed by atoms with van der Waals surface area (Å²) in [5.41, 5.74) is 1.23. The summed E-state index contributed by atoms with van der Waals surface area (Å²) in [6, 6.07) is 3.59. The standard InChI is InChI=1S/C19H25IN4O3/c20-16(25)2-1-9-24-10-7-13(8-11-24)14-3-5-17(21-12-14)22-15-4-6-18(26)23-19(15)27/h3,5,12-13,15H,1-2,4,6-11H2,(H,21,22)(H,23,26,27). The lowest BCUT2D eigenvalue weighted by molar-refractivity contribution is -0.133. The van der Waals surface area contributed by atoms with Gasteiger partial charge in [0, 0.05) is 19.0 Å². The maximum atomic E-state index is 11.8. The van der Waals surface area contributed by atoms with Crippen molar-refractivity contribution < 1.29 is 14.4 Å². The van der Waals surface area contributed by atoms with Gasteiger partial charge in [0.2, 0.25) is 11.8 Å². The highest BCUT2D eigenvalue weighted by Crippen LogP contribution is 2.28. The first-order valence-corrected chi connectivity index (χ1v) is 10.6. The van der Waals surface area contributed by atoms with E-state index in [-0.39, 0.29) is 15.6 Å². The number of carbonyl (C=O) groups excluding carboxylic acids is 3. The summed E-state index contributed by atoms with van der Waals surface area (Å²) < 4.78 is 0.236. The first-order valence-electron chi connectivity index (χ1n) is 9.48. The van der Waals surface area contributed by atoms with Crippen LogP contribution in [0.15, 0.2) is 18.3 Å². The number of carbonyl (C=O) groups is 3. The molecule has 7 nitrogen and oxygen atoms in total. The van der Waals surface area contributed by atoms with Gasteiger partial charge in [-0.1, -0.05) is 6.07 Å². The monoisotopic (exact) mass is 484 g/mol. The van der Waals surface area contributed by atoms with Crippen molar-refractivity contribution in [1.82, 2.24) is 15.2 Å². The number of rotatable bonds is 7. The van der Waals surface area contributed by atoms with Crippen LogP contribution in [0.25, 0.3) is 0 Å². The molecule has 2 aliphatic heterocycles. The average Bonchev–Trinajstić information content (AvgIpc) is 2.65. The van der Waals surface area contributed by atoms with E-state index in [2.05, 4.69) is 26.6 Å². The van der Waals surface area contributed by atoms with Crippen molar-refractivity contribution in [3.8, 4) is 0 Å². The number of pyridine rings is 1. The lowest BCUT2D eigenvalue weighted by Gasteiger charge is -2.32. The van der Waals surface area contributed by atoms with Crippen molar-refractivity contribution >= 4 is 44.0 Å². The fourth-order valence-corrected chi connectivity index (χ4v) is 4.05. The van der Waals surface area contributed by atoms with E-state index in [1.807, 2.05) is 34.9 Å². The van der Waals surface area contributed by atoms with Gasteiger partial charge in [-0.05, 0) is 85.5 Å². The molecule has 0 spiro atoms. The van der Waals surface area contributed by atoms with Crippen molar-refractivity contribution in [3.63, 3.8) is 0 Å². The van der Waals surface area contributed by atoms with Gasteiger partial charge in [0.25, 0.3) is 0 Å². The van der Waals surface area contributed by atoms with Crippen LogP contribution in [0.3, 0.4) is 0 Å². The van der Waals surface area contributed by atoms with Crippen LogP contribution in [0, 0.1) is 0 Å². The van der Waals surface area contributed by atoms with Gasteiger partial charge in [-0.15, -0.1) is 0 Å². The predicted octanol–water partition coefficient (Wildman–Crippen LogP) is 2.22. The molecule has 0 radical (unpaired) electrons. The number of halogens is 1. The highest BCUT2D eigenvalue weighted by molar-refractivity contribution is 14.1. The van der Waals surface area contributed by atoms with Gasteiger partial charge >= 0.3 is 0 Å². The van der Waals surface area contributed by atoms with Crippen molar-refractivity contribution in [2.45, 2.75) is 50.5 Å². The Labute approximate surface area is 172 Å². The third-order valence-corrected chi connectivity index (χ3v) is 5.79. The average molecular weight is 484 g/mol. The van der Waals surface area contributed by atoms with E-state index in [9.17, 15) is 14.4 Å². The van der Waals surface area contributed by atoms with Crippen LogP contribution in [-0.4, -0.2) is 51.2 Å². The number of amides is 2. The first kappa shape index (κ1) is 20.2. The molecule has 1 aromatic rings. The third-order valence-electron chi connectivity index (χ3n) is 5.25. The molecule has 3 rings (SSSR count). The van der Waals surface area contributed by atoms with Gasteiger partial charge in [0.05, 0.1) is 0 Å². The normalized spacial score (nSPS) is 21.7. The second kappa shape index (κ2) is 9.59. The van der Waals surface area contributed by atoms with Crippen LogP contribution in [0.2, 0.25) is 0 Å². The Morgan fingerprint density at radius 3 is 2.67 bits per heavy atom. The number of piperidine rings is 2. The van der Waals surface area contributed by atoms with Gasteiger partial charge < -0.3 is 10.2 Å². The smallest absolute Gasteiger partial charge is 0.249 e. The van der Waals surface area contributed by atoms with Crippen LogP contribution in [0.5, 0.6) is 0 Å². The SMILES string of the molecule is O=C(I)CCCN1CCC(c2ccc(NC3CCC(=O)NC3=O)nc2)CC1. The molecular formula is C19H25IN4O3. The molecule has 0 aliphatic carbocycles. The molecule has 1 aromatic heterocycles. The maximum Gasteiger partial charge on any atom is 0.249 e. The zero-order valence-corrected chi connectivity index (χ0v) is 17.4. The minimum Gasteiger partial charge on any atom is -0.358 e.